The third-order valence-electron chi connectivity index (χ3n) is 3.55. The number of halogens is 1. The lowest BCUT2D eigenvalue weighted by Gasteiger charge is -2.05. The van der Waals surface area contributed by atoms with E-state index in [9.17, 15) is 4.39 Å². The Bertz CT molecular complexity index is 858. The summed E-state index contributed by atoms with van der Waals surface area (Å²) in [4.78, 5) is 0. The summed E-state index contributed by atoms with van der Waals surface area (Å²) in [7, 11) is 0. The van der Waals surface area contributed by atoms with Crippen molar-refractivity contribution >= 4 is 10.8 Å². The van der Waals surface area contributed by atoms with Crippen molar-refractivity contribution in [2.45, 2.75) is 0 Å². The fourth-order valence-corrected chi connectivity index (χ4v) is 2.56. The van der Waals surface area contributed by atoms with E-state index in [0.717, 1.165) is 22.6 Å². The molecular weight excluding hydrogens is 251 g/mol. The van der Waals surface area contributed by atoms with Crippen molar-refractivity contribution in [3.05, 3.63) is 72.5 Å². The molecule has 0 bridgehead atoms. The predicted molar refractivity (Wildman–Crippen MR) is 78.2 cm³/mol. The molecule has 0 amide bonds. The normalized spacial score (nSPS) is 11.2. The van der Waals surface area contributed by atoms with E-state index in [1.165, 1.54) is 22.9 Å². The van der Waals surface area contributed by atoms with Crippen molar-refractivity contribution in [2.75, 3.05) is 0 Å². The fraction of sp³-hybridized carbons (Fsp3) is 0. The lowest BCUT2D eigenvalue weighted by Crippen LogP contribution is -1.81. The van der Waals surface area contributed by atoms with E-state index < -0.39 is 0 Å². The summed E-state index contributed by atoms with van der Waals surface area (Å²) in [5, 5.41) is 2.36. The van der Waals surface area contributed by atoms with Gasteiger partial charge in [0, 0.05) is 11.1 Å². The molecule has 0 fully saturated rings. The van der Waals surface area contributed by atoms with Gasteiger partial charge in [0.15, 0.2) is 0 Å². The van der Waals surface area contributed by atoms with Gasteiger partial charge in [-0.3, -0.25) is 0 Å². The summed E-state index contributed by atoms with van der Waals surface area (Å²) in [6, 6.07) is 20.6. The Kier molecular flexibility index (Phi) is 2.36. The van der Waals surface area contributed by atoms with Crippen LogP contribution in [-0.2, 0) is 0 Å². The second-order valence-corrected chi connectivity index (χ2v) is 4.82. The number of benzene rings is 2. The fourth-order valence-electron chi connectivity index (χ4n) is 2.56. The van der Waals surface area contributed by atoms with E-state index in [4.69, 9.17) is 4.42 Å². The van der Waals surface area contributed by atoms with Crippen molar-refractivity contribution in [3.63, 3.8) is 0 Å². The molecule has 1 heterocycles. The number of hydrogen-bond donors (Lipinski definition) is 0. The van der Waals surface area contributed by atoms with Gasteiger partial charge in [0.25, 0.3) is 0 Å². The Labute approximate surface area is 115 Å². The highest BCUT2D eigenvalue weighted by molar-refractivity contribution is 6.00. The minimum atomic E-state index is -0.242. The summed E-state index contributed by atoms with van der Waals surface area (Å²) in [5.41, 5.74) is 1.98. The molecular formula is C18H11FO. The second-order valence-electron chi connectivity index (χ2n) is 4.82. The summed E-state index contributed by atoms with van der Waals surface area (Å²) in [6.45, 7) is 0. The Hall–Kier alpha value is -2.61. The second kappa shape index (κ2) is 4.20. The smallest absolute Gasteiger partial charge is 0.135 e. The first-order valence-corrected chi connectivity index (χ1v) is 6.48. The van der Waals surface area contributed by atoms with Crippen LogP contribution < -0.4 is 0 Å². The van der Waals surface area contributed by atoms with Crippen LogP contribution >= 0.6 is 0 Å². The minimum Gasteiger partial charge on any atom is -0.456 e. The molecule has 1 aliphatic carbocycles. The molecule has 2 aromatic carbocycles. The van der Waals surface area contributed by atoms with Crippen LogP contribution in [0.3, 0.4) is 0 Å². The van der Waals surface area contributed by atoms with Crippen LogP contribution in [0.2, 0.25) is 0 Å². The molecule has 96 valence electrons. The zero-order chi connectivity index (χ0) is 13.5. The molecule has 0 saturated carbocycles. The average Bonchev–Trinajstić information content (AvgIpc) is 2.85. The van der Waals surface area contributed by atoms with Crippen LogP contribution in [-0.4, -0.2) is 0 Å². The van der Waals surface area contributed by atoms with Gasteiger partial charge in [-0.1, -0.05) is 24.3 Å². The van der Waals surface area contributed by atoms with Gasteiger partial charge in [-0.15, -0.1) is 0 Å². The maximum atomic E-state index is 13.0. The molecule has 0 N–H and O–H groups in total. The summed E-state index contributed by atoms with van der Waals surface area (Å²) in [5.74, 6) is 1.36. The van der Waals surface area contributed by atoms with Gasteiger partial charge in [0.05, 0.1) is 0 Å². The van der Waals surface area contributed by atoms with Gasteiger partial charge in [0.2, 0.25) is 0 Å². The molecule has 0 aromatic heterocycles. The Morgan fingerprint density at radius 2 is 1.55 bits per heavy atom. The first-order chi connectivity index (χ1) is 9.81. The minimum absolute atomic E-state index is 0.242. The number of hydrogen-bond acceptors (Lipinski definition) is 1. The van der Waals surface area contributed by atoms with Gasteiger partial charge in [0.1, 0.15) is 17.3 Å². The van der Waals surface area contributed by atoms with Gasteiger partial charge in [-0.05, 0) is 53.2 Å². The Morgan fingerprint density at radius 3 is 2.40 bits per heavy atom. The van der Waals surface area contributed by atoms with Crippen molar-refractivity contribution in [3.8, 4) is 22.6 Å². The largest absolute Gasteiger partial charge is 0.456 e. The van der Waals surface area contributed by atoms with Crippen LogP contribution in [0.1, 0.15) is 0 Å². The van der Waals surface area contributed by atoms with E-state index in [1.807, 2.05) is 24.3 Å². The molecule has 1 nitrogen and oxygen atoms in total. The quantitative estimate of drug-likeness (QED) is 0.451. The van der Waals surface area contributed by atoms with E-state index in [1.54, 1.807) is 12.1 Å². The standard InChI is InChI=1S/C18H11FO/c19-14-7-5-12(6-8-14)17-10-9-16-15-4-2-1-3-13(15)11-18(16)20-17/h1-11H. The maximum absolute atomic E-state index is 13.0. The lowest BCUT2D eigenvalue weighted by molar-refractivity contribution is 0.583. The van der Waals surface area contributed by atoms with E-state index in [-0.39, 0.29) is 5.82 Å². The molecule has 1 aliphatic heterocycles. The third kappa shape index (κ3) is 1.69. The maximum Gasteiger partial charge on any atom is 0.135 e. The lowest BCUT2D eigenvalue weighted by atomic mass is 10.1. The highest BCUT2D eigenvalue weighted by Gasteiger charge is 2.13. The molecule has 4 rings (SSSR count). The van der Waals surface area contributed by atoms with Crippen molar-refractivity contribution in [1.29, 1.82) is 0 Å². The average molecular weight is 262 g/mol. The molecule has 2 aromatic rings. The van der Waals surface area contributed by atoms with Crippen molar-refractivity contribution < 1.29 is 8.81 Å². The molecule has 0 radical (unpaired) electrons. The molecule has 0 unspecified atom stereocenters. The molecule has 2 aliphatic rings. The van der Waals surface area contributed by atoms with Crippen LogP contribution in [0, 0.1) is 5.82 Å². The summed E-state index contributed by atoms with van der Waals surface area (Å²) in [6.07, 6.45) is 0. The summed E-state index contributed by atoms with van der Waals surface area (Å²) >= 11 is 0. The van der Waals surface area contributed by atoms with Crippen LogP contribution in [0.5, 0.6) is 0 Å². The van der Waals surface area contributed by atoms with Gasteiger partial charge >= 0.3 is 0 Å². The van der Waals surface area contributed by atoms with Crippen LogP contribution in [0.4, 0.5) is 4.39 Å². The van der Waals surface area contributed by atoms with Crippen molar-refractivity contribution in [1.82, 2.24) is 0 Å². The highest BCUT2D eigenvalue weighted by Crippen LogP contribution is 2.36. The highest BCUT2D eigenvalue weighted by atomic mass is 19.1. The van der Waals surface area contributed by atoms with Gasteiger partial charge < -0.3 is 4.42 Å². The van der Waals surface area contributed by atoms with Gasteiger partial charge in [-0.25, -0.2) is 4.39 Å². The first kappa shape index (κ1) is 11.2. The number of rotatable bonds is 1. The van der Waals surface area contributed by atoms with Crippen molar-refractivity contribution in [2.24, 2.45) is 0 Å². The number of fused-ring (bicyclic) bond motifs is 3. The van der Waals surface area contributed by atoms with E-state index >= 15 is 0 Å². The molecule has 20 heavy (non-hydrogen) atoms. The summed E-state index contributed by atoms with van der Waals surface area (Å²) < 4.78 is 18.9. The molecule has 2 heteroatoms. The zero-order valence-electron chi connectivity index (χ0n) is 10.6. The SMILES string of the molecule is Fc1ccc(-c2ccc3c4ccccc4cc-3o2)cc1. The predicted octanol–water partition coefficient (Wildman–Crippen LogP) is 5.34. The van der Waals surface area contributed by atoms with E-state index in [0.29, 0.717) is 0 Å². The monoisotopic (exact) mass is 262 g/mol. The molecule has 0 atom stereocenters. The Morgan fingerprint density at radius 1 is 0.750 bits per heavy atom. The van der Waals surface area contributed by atoms with E-state index in [2.05, 4.69) is 18.2 Å². The first-order valence-electron chi connectivity index (χ1n) is 6.48. The molecule has 0 saturated heterocycles. The van der Waals surface area contributed by atoms with Crippen LogP contribution in [0.15, 0.2) is 71.1 Å². The third-order valence-corrected chi connectivity index (χ3v) is 3.55. The topological polar surface area (TPSA) is 13.1 Å². The van der Waals surface area contributed by atoms with Gasteiger partial charge in [-0.2, -0.15) is 0 Å². The molecule has 0 spiro atoms. The van der Waals surface area contributed by atoms with Crippen LogP contribution in [0.25, 0.3) is 33.4 Å². The zero-order valence-corrected chi connectivity index (χ0v) is 10.6. The Balaban J connectivity index is 1.92.